The standard InChI is InChI=1S/C64H130/c1-10-17-24-30-34-36-40-48-57-63(58-49-42-43-52-61(8)9,56-47-39-35-31-25-18-11-2)64(59-50-37-28-21-14-5,60-51-41-33-27-20-13-4)62(53-44-23-16-7,54-45-29-22-15-6)55-46-38-32-26-19-12-3/h61H,10-60H2,1-9H3. The van der Waals surface area contributed by atoms with Gasteiger partial charge in [-0.2, -0.15) is 0 Å². The zero-order chi connectivity index (χ0) is 47.1. The fraction of sp³-hybridized carbons (Fsp3) is 1.00. The molecule has 0 radical (unpaired) electrons. The van der Waals surface area contributed by atoms with Crippen molar-refractivity contribution in [3.8, 4) is 0 Å². The van der Waals surface area contributed by atoms with Crippen molar-refractivity contribution in [2.24, 2.45) is 22.2 Å². The highest BCUT2D eigenvalue weighted by Gasteiger charge is 2.59. The number of rotatable bonds is 54. The molecule has 64 heavy (non-hydrogen) atoms. The van der Waals surface area contributed by atoms with Crippen LogP contribution in [0.25, 0.3) is 0 Å². The topological polar surface area (TPSA) is 0 Å². The first-order chi connectivity index (χ1) is 31.3. The molecule has 0 heterocycles. The summed E-state index contributed by atoms with van der Waals surface area (Å²) in [5.41, 5.74) is 1.50. The van der Waals surface area contributed by atoms with Crippen molar-refractivity contribution < 1.29 is 0 Å². The zero-order valence-electron chi connectivity index (χ0n) is 47.1. The second-order valence-corrected chi connectivity index (χ2v) is 23.2. The van der Waals surface area contributed by atoms with Crippen molar-refractivity contribution in [3.05, 3.63) is 0 Å². The van der Waals surface area contributed by atoms with Crippen LogP contribution in [0.3, 0.4) is 0 Å². The summed E-state index contributed by atoms with van der Waals surface area (Å²) in [5.74, 6) is 0.844. The molecule has 3 atom stereocenters. The van der Waals surface area contributed by atoms with Gasteiger partial charge in [0.15, 0.2) is 0 Å². The molecule has 0 bridgehead atoms. The molecule has 0 aliphatic rings. The molecule has 0 N–H and O–H groups in total. The Morgan fingerprint density at radius 2 is 0.375 bits per heavy atom. The van der Waals surface area contributed by atoms with E-state index in [1.807, 2.05) is 0 Å². The first-order valence-electron chi connectivity index (χ1n) is 31.3. The van der Waals surface area contributed by atoms with Crippen LogP contribution in [0.1, 0.15) is 390 Å². The SMILES string of the molecule is CCCCCCCCCCC(CCCCCCCCC)(CCCCCC(C)C)C(CCCCCCC)(CCCCCCCC)C(CCCCC)(CCCCCC)CCCCCCCC. The van der Waals surface area contributed by atoms with Crippen molar-refractivity contribution in [3.63, 3.8) is 0 Å². The molecule has 0 aromatic rings. The maximum Gasteiger partial charge on any atom is -0.0184 e. The fourth-order valence-corrected chi connectivity index (χ4v) is 13.2. The first-order valence-corrected chi connectivity index (χ1v) is 31.3. The molecule has 0 saturated heterocycles. The smallest absolute Gasteiger partial charge is 0.0184 e. The van der Waals surface area contributed by atoms with Gasteiger partial charge in [-0.3, -0.25) is 0 Å². The van der Waals surface area contributed by atoms with E-state index in [1.165, 1.54) is 276 Å². The van der Waals surface area contributed by atoms with Crippen LogP contribution in [0.4, 0.5) is 0 Å². The molecular weight excluding hydrogens is 769 g/mol. The zero-order valence-corrected chi connectivity index (χ0v) is 47.1. The van der Waals surface area contributed by atoms with Crippen LogP contribution in [0.5, 0.6) is 0 Å². The molecular formula is C64H130. The van der Waals surface area contributed by atoms with Crippen LogP contribution < -0.4 is 0 Å². The lowest BCUT2D eigenvalue weighted by atomic mass is 9.41. The third kappa shape index (κ3) is 30.5. The van der Waals surface area contributed by atoms with E-state index in [0.29, 0.717) is 16.2 Å². The van der Waals surface area contributed by atoms with Gasteiger partial charge in [0.05, 0.1) is 0 Å². The average Bonchev–Trinajstić information content (AvgIpc) is 3.29. The summed E-state index contributed by atoms with van der Waals surface area (Å²) in [7, 11) is 0. The predicted octanol–water partition coefficient (Wildman–Crippen LogP) is 24.6. The Morgan fingerprint density at radius 1 is 0.203 bits per heavy atom. The molecule has 0 aliphatic carbocycles. The molecule has 0 nitrogen and oxygen atoms in total. The van der Waals surface area contributed by atoms with Crippen LogP contribution in [-0.2, 0) is 0 Å². The van der Waals surface area contributed by atoms with Gasteiger partial charge in [-0.15, -0.1) is 0 Å². The fourth-order valence-electron chi connectivity index (χ4n) is 13.2. The molecule has 0 heteroatoms. The van der Waals surface area contributed by atoms with Gasteiger partial charge in [-0.25, -0.2) is 0 Å². The summed E-state index contributed by atoms with van der Waals surface area (Å²) in [6.45, 7) is 21.9. The van der Waals surface area contributed by atoms with Gasteiger partial charge in [0.1, 0.15) is 0 Å². The van der Waals surface area contributed by atoms with Gasteiger partial charge in [0, 0.05) is 0 Å². The third-order valence-electron chi connectivity index (χ3n) is 17.2. The first kappa shape index (κ1) is 64.0. The average molecular weight is 900 g/mol. The second kappa shape index (κ2) is 46.7. The molecule has 3 unspecified atom stereocenters. The highest BCUT2D eigenvalue weighted by atomic mass is 14.6. The normalized spacial score (nSPS) is 14.9. The van der Waals surface area contributed by atoms with Crippen molar-refractivity contribution in [1.82, 2.24) is 0 Å². The van der Waals surface area contributed by atoms with E-state index in [2.05, 4.69) is 62.3 Å². The molecule has 0 aromatic heterocycles. The predicted molar refractivity (Wildman–Crippen MR) is 297 cm³/mol. The lowest BCUT2D eigenvalue weighted by Gasteiger charge is -2.64. The molecule has 0 saturated carbocycles. The molecule has 0 spiro atoms. The van der Waals surface area contributed by atoms with Gasteiger partial charge in [0.2, 0.25) is 0 Å². The van der Waals surface area contributed by atoms with Gasteiger partial charge in [0.25, 0.3) is 0 Å². The summed E-state index contributed by atoms with van der Waals surface area (Å²) < 4.78 is 0. The second-order valence-electron chi connectivity index (χ2n) is 23.2. The van der Waals surface area contributed by atoms with E-state index in [0.717, 1.165) is 5.92 Å². The monoisotopic (exact) mass is 899 g/mol. The van der Waals surface area contributed by atoms with Gasteiger partial charge in [-0.05, 0) is 73.5 Å². The van der Waals surface area contributed by atoms with Crippen LogP contribution in [0.15, 0.2) is 0 Å². The van der Waals surface area contributed by atoms with Crippen LogP contribution in [0.2, 0.25) is 0 Å². The van der Waals surface area contributed by atoms with Crippen molar-refractivity contribution in [2.75, 3.05) is 0 Å². The maximum absolute atomic E-state index is 2.50. The Kier molecular flexibility index (Phi) is 46.7. The number of hydrogen-bond acceptors (Lipinski definition) is 0. The van der Waals surface area contributed by atoms with E-state index in [-0.39, 0.29) is 0 Å². The summed E-state index contributed by atoms with van der Waals surface area (Å²) >= 11 is 0. The van der Waals surface area contributed by atoms with Crippen LogP contribution in [0, 0.1) is 22.2 Å². The van der Waals surface area contributed by atoms with E-state index >= 15 is 0 Å². The molecule has 386 valence electrons. The Balaban J connectivity index is 8.00. The molecule has 0 aromatic carbocycles. The summed E-state index contributed by atoms with van der Waals surface area (Å²) in [6.07, 6.45) is 75.3. The van der Waals surface area contributed by atoms with Crippen molar-refractivity contribution >= 4 is 0 Å². The Morgan fingerprint density at radius 3 is 0.625 bits per heavy atom. The Labute approximate surface area is 410 Å². The largest absolute Gasteiger partial charge is 0.0654 e. The summed E-state index contributed by atoms with van der Waals surface area (Å²) in [4.78, 5) is 0. The maximum atomic E-state index is 2.50. The minimum atomic E-state index is 0.488. The molecule has 0 rings (SSSR count). The minimum Gasteiger partial charge on any atom is -0.0654 e. The van der Waals surface area contributed by atoms with Gasteiger partial charge in [-0.1, -0.05) is 338 Å². The number of hydrogen-bond donors (Lipinski definition) is 0. The Bertz CT molecular complexity index is 886. The third-order valence-corrected chi connectivity index (χ3v) is 17.2. The van der Waals surface area contributed by atoms with Crippen LogP contribution in [-0.4, -0.2) is 0 Å². The van der Waals surface area contributed by atoms with E-state index in [4.69, 9.17) is 0 Å². The van der Waals surface area contributed by atoms with Crippen molar-refractivity contribution in [2.45, 2.75) is 390 Å². The van der Waals surface area contributed by atoms with Gasteiger partial charge < -0.3 is 0 Å². The highest BCUT2D eigenvalue weighted by Crippen LogP contribution is 2.68. The van der Waals surface area contributed by atoms with E-state index in [1.54, 1.807) is 51.4 Å². The molecule has 0 fully saturated rings. The van der Waals surface area contributed by atoms with Crippen molar-refractivity contribution in [1.29, 1.82) is 0 Å². The van der Waals surface area contributed by atoms with Crippen LogP contribution >= 0.6 is 0 Å². The quantitative estimate of drug-likeness (QED) is 0.0534. The van der Waals surface area contributed by atoms with E-state index < -0.39 is 0 Å². The lowest BCUT2D eigenvalue weighted by Crippen LogP contribution is -2.54. The number of unbranched alkanes of at least 4 members (excludes halogenated alkanes) is 34. The van der Waals surface area contributed by atoms with Gasteiger partial charge >= 0.3 is 0 Å². The summed E-state index contributed by atoms with van der Waals surface area (Å²) in [5, 5.41) is 0. The highest BCUT2D eigenvalue weighted by molar-refractivity contribution is 5.08. The molecule has 0 aliphatic heterocycles. The van der Waals surface area contributed by atoms with E-state index in [9.17, 15) is 0 Å². The Hall–Kier alpha value is 0. The lowest BCUT2D eigenvalue weighted by molar-refractivity contribution is -0.140. The minimum absolute atomic E-state index is 0.488. The summed E-state index contributed by atoms with van der Waals surface area (Å²) in [6, 6.07) is 0. The molecule has 0 amide bonds.